The van der Waals surface area contributed by atoms with Crippen LogP contribution in [-0.2, 0) is 19.0 Å². The van der Waals surface area contributed by atoms with Gasteiger partial charge < -0.3 is 19.3 Å². The minimum Gasteiger partial charge on any atom is -0.462 e. The van der Waals surface area contributed by atoms with Crippen molar-refractivity contribution in [1.29, 1.82) is 0 Å². The maximum atomic E-state index is 13.5. The molecule has 0 aromatic rings. The van der Waals surface area contributed by atoms with Gasteiger partial charge in [0, 0.05) is 7.11 Å². The van der Waals surface area contributed by atoms with E-state index >= 15 is 0 Å². The molecule has 0 bridgehead atoms. The lowest BCUT2D eigenvalue weighted by Crippen LogP contribution is -2.33. The summed E-state index contributed by atoms with van der Waals surface area (Å²) in [5.41, 5.74) is -0.649. The number of aliphatic hydroxyl groups excluding tert-OH is 1. The molecule has 1 N–H and O–H groups in total. The quantitative estimate of drug-likeness (QED) is 0.745. The SMILES string of the molecule is CO[C@H]1O[C@H](COC(=O)C(C)(C)C)[C@H](F)[C@H]1O. The van der Waals surface area contributed by atoms with Gasteiger partial charge in [0.25, 0.3) is 0 Å². The highest BCUT2D eigenvalue weighted by atomic mass is 19.1. The van der Waals surface area contributed by atoms with Crippen LogP contribution < -0.4 is 0 Å². The van der Waals surface area contributed by atoms with Crippen LogP contribution in [0.25, 0.3) is 0 Å². The molecule has 1 heterocycles. The summed E-state index contributed by atoms with van der Waals surface area (Å²) in [5.74, 6) is -0.441. The summed E-state index contributed by atoms with van der Waals surface area (Å²) in [7, 11) is 1.31. The molecular weight excluding hydrogens is 231 g/mol. The van der Waals surface area contributed by atoms with Gasteiger partial charge in [-0.3, -0.25) is 4.79 Å². The fourth-order valence-corrected chi connectivity index (χ4v) is 1.40. The summed E-state index contributed by atoms with van der Waals surface area (Å²) in [6, 6.07) is 0. The van der Waals surface area contributed by atoms with Gasteiger partial charge in [-0.1, -0.05) is 0 Å². The van der Waals surface area contributed by atoms with Crippen LogP contribution in [0.2, 0.25) is 0 Å². The van der Waals surface area contributed by atoms with E-state index in [1.165, 1.54) is 7.11 Å². The lowest BCUT2D eigenvalue weighted by atomic mass is 9.97. The van der Waals surface area contributed by atoms with Crippen molar-refractivity contribution in [3.05, 3.63) is 0 Å². The summed E-state index contributed by atoms with van der Waals surface area (Å²) in [6.45, 7) is 4.87. The smallest absolute Gasteiger partial charge is 0.311 e. The number of rotatable bonds is 3. The van der Waals surface area contributed by atoms with Gasteiger partial charge in [-0.15, -0.1) is 0 Å². The van der Waals surface area contributed by atoms with Crippen molar-refractivity contribution < 1.29 is 28.5 Å². The molecule has 1 rings (SSSR count). The van der Waals surface area contributed by atoms with Gasteiger partial charge in [-0.2, -0.15) is 0 Å². The molecule has 0 radical (unpaired) electrons. The fourth-order valence-electron chi connectivity index (χ4n) is 1.40. The van der Waals surface area contributed by atoms with E-state index in [1.807, 2.05) is 0 Å². The topological polar surface area (TPSA) is 65.0 Å². The molecule has 0 aromatic heterocycles. The first-order valence-corrected chi connectivity index (χ1v) is 5.45. The Hall–Kier alpha value is -0.720. The number of alkyl halides is 1. The van der Waals surface area contributed by atoms with E-state index in [4.69, 9.17) is 14.2 Å². The van der Waals surface area contributed by atoms with Crippen LogP contribution >= 0.6 is 0 Å². The zero-order valence-electron chi connectivity index (χ0n) is 10.5. The predicted octanol–water partition coefficient (Wildman–Crippen LogP) is 0.646. The Morgan fingerprint density at radius 1 is 1.47 bits per heavy atom. The molecule has 1 fully saturated rings. The van der Waals surface area contributed by atoms with Crippen LogP contribution in [0.5, 0.6) is 0 Å². The lowest BCUT2D eigenvalue weighted by Gasteiger charge is -2.19. The van der Waals surface area contributed by atoms with Gasteiger partial charge in [0.1, 0.15) is 18.8 Å². The van der Waals surface area contributed by atoms with E-state index in [2.05, 4.69) is 0 Å². The molecule has 100 valence electrons. The zero-order chi connectivity index (χ0) is 13.2. The molecule has 6 heteroatoms. The minimum atomic E-state index is -1.62. The average molecular weight is 250 g/mol. The Balaban J connectivity index is 2.46. The van der Waals surface area contributed by atoms with Gasteiger partial charge in [-0.25, -0.2) is 4.39 Å². The van der Waals surface area contributed by atoms with Crippen molar-refractivity contribution in [1.82, 2.24) is 0 Å². The highest BCUT2D eigenvalue weighted by Gasteiger charge is 2.45. The second-order valence-electron chi connectivity index (χ2n) is 5.06. The van der Waals surface area contributed by atoms with Crippen LogP contribution in [0, 0.1) is 5.41 Å². The first kappa shape index (κ1) is 14.3. The second kappa shape index (κ2) is 5.29. The van der Waals surface area contributed by atoms with Crippen LogP contribution in [0.1, 0.15) is 20.8 Å². The molecule has 0 spiro atoms. The van der Waals surface area contributed by atoms with Crippen LogP contribution in [0.15, 0.2) is 0 Å². The number of esters is 1. The zero-order valence-corrected chi connectivity index (χ0v) is 10.5. The Morgan fingerprint density at radius 3 is 2.47 bits per heavy atom. The molecule has 4 atom stereocenters. The van der Waals surface area contributed by atoms with Gasteiger partial charge in [0.2, 0.25) is 0 Å². The third-order valence-electron chi connectivity index (χ3n) is 2.49. The van der Waals surface area contributed by atoms with E-state index in [9.17, 15) is 14.3 Å². The summed E-state index contributed by atoms with van der Waals surface area (Å²) in [5, 5.41) is 9.39. The largest absolute Gasteiger partial charge is 0.462 e. The molecule has 1 aliphatic rings. The highest BCUT2D eigenvalue weighted by Crippen LogP contribution is 2.25. The van der Waals surface area contributed by atoms with Gasteiger partial charge >= 0.3 is 5.97 Å². The van der Waals surface area contributed by atoms with E-state index in [-0.39, 0.29) is 6.61 Å². The predicted molar refractivity (Wildman–Crippen MR) is 57.0 cm³/mol. The summed E-state index contributed by atoms with van der Waals surface area (Å²) in [4.78, 5) is 11.5. The van der Waals surface area contributed by atoms with E-state index in [0.29, 0.717) is 0 Å². The number of hydrogen-bond acceptors (Lipinski definition) is 5. The van der Waals surface area contributed by atoms with Crippen molar-refractivity contribution in [2.45, 2.75) is 45.4 Å². The maximum absolute atomic E-state index is 13.5. The average Bonchev–Trinajstić information content (AvgIpc) is 2.51. The van der Waals surface area contributed by atoms with Crippen molar-refractivity contribution in [3.63, 3.8) is 0 Å². The number of ether oxygens (including phenoxy) is 3. The summed E-state index contributed by atoms with van der Waals surface area (Å²) in [6.07, 6.45) is -4.96. The molecule has 0 aliphatic carbocycles. The first-order valence-electron chi connectivity index (χ1n) is 5.45. The Bertz CT molecular complexity index is 276. The minimum absolute atomic E-state index is 0.228. The maximum Gasteiger partial charge on any atom is 0.311 e. The molecule has 5 nitrogen and oxygen atoms in total. The highest BCUT2D eigenvalue weighted by molar-refractivity contribution is 5.75. The number of aliphatic hydroxyl groups is 1. The van der Waals surface area contributed by atoms with Crippen molar-refractivity contribution >= 4 is 5.97 Å². The standard InChI is InChI=1S/C11H19FO5/c1-11(2,3)10(14)16-5-6-7(12)8(13)9(15-4)17-6/h6-9,13H,5H2,1-4H3/t6-,7+,8-,9+/m1/s1. The van der Waals surface area contributed by atoms with Crippen LogP contribution in [-0.4, -0.2) is 49.5 Å². The molecule has 0 saturated carbocycles. The fraction of sp³-hybridized carbons (Fsp3) is 0.909. The second-order valence-corrected chi connectivity index (χ2v) is 5.06. The number of halogens is 1. The van der Waals surface area contributed by atoms with Gasteiger partial charge in [0.15, 0.2) is 12.5 Å². The Kier molecular flexibility index (Phi) is 4.46. The van der Waals surface area contributed by atoms with Gasteiger partial charge in [0.05, 0.1) is 5.41 Å². The van der Waals surface area contributed by atoms with Crippen molar-refractivity contribution in [3.8, 4) is 0 Å². The van der Waals surface area contributed by atoms with Gasteiger partial charge in [-0.05, 0) is 20.8 Å². The molecule has 0 amide bonds. The Labute approximate surface area is 99.8 Å². The Morgan fingerprint density at radius 2 is 2.06 bits per heavy atom. The monoisotopic (exact) mass is 250 g/mol. The van der Waals surface area contributed by atoms with Crippen LogP contribution in [0.3, 0.4) is 0 Å². The molecule has 0 unspecified atom stereocenters. The number of hydrogen-bond donors (Lipinski definition) is 1. The summed E-state index contributed by atoms with van der Waals surface area (Å²) >= 11 is 0. The number of methoxy groups -OCH3 is 1. The number of carbonyl (C=O) groups is 1. The first-order chi connectivity index (χ1) is 7.77. The van der Waals surface area contributed by atoms with Crippen molar-refractivity contribution in [2.75, 3.05) is 13.7 Å². The van der Waals surface area contributed by atoms with E-state index in [1.54, 1.807) is 20.8 Å². The molecule has 1 aliphatic heterocycles. The lowest BCUT2D eigenvalue weighted by molar-refractivity contribution is -0.170. The third kappa shape index (κ3) is 3.37. The van der Waals surface area contributed by atoms with E-state index in [0.717, 1.165) is 0 Å². The molecule has 0 aromatic carbocycles. The summed E-state index contributed by atoms with van der Waals surface area (Å²) < 4.78 is 28.3. The van der Waals surface area contributed by atoms with Crippen molar-refractivity contribution in [2.24, 2.45) is 5.41 Å². The normalized spacial score (nSPS) is 33.8. The number of carbonyl (C=O) groups excluding carboxylic acids is 1. The van der Waals surface area contributed by atoms with E-state index < -0.39 is 36.1 Å². The molecule has 17 heavy (non-hydrogen) atoms. The third-order valence-corrected chi connectivity index (χ3v) is 2.49. The molecule has 1 saturated heterocycles. The van der Waals surface area contributed by atoms with Crippen LogP contribution in [0.4, 0.5) is 4.39 Å². The molecular formula is C11H19FO5.